The van der Waals surface area contributed by atoms with Gasteiger partial charge in [-0.15, -0.1) is 11.6 Å². The van der Waals surface area contributed by atoms with E-state index in [1.165, 1.54) is 33.0 Å². The molecule has 3 aromatic carbocycles. The van der Waals surface area contributed by atoms with Gasteiger partial charge in [0.15, 0.2) is 0 Å². The van der Waals surface area contributed by atoms with E-state index in [1.54, 1.807) is 0 Å². The van der Waals surface area contributed by atoms with E-state index in [1.807, 2.05) is 0 Å². The highest BCUT2D eigenvalue weighted by molar-refractivity contribution is 6.21. The van der Waals surface area contributed by atoms with Crippen LogP contribution in [0.5, 0.6) is 0 Å². The van der Waals surface area contributed by atoms with Crippen LogP contribution in [0.25, 0.3) is 10.8 Å². The van der Waals surface area contributed by atoms with Crippen molar-refractivity contribution in [1.29, 1.82) is 0 Å². The molecule has 0 N–H and O–H groups in total. The fourth-order valence-corrected chi connectivity index (χ4v) is 2.97. The first-order valence-corrected chi connectivity index (χ1v) is 7.76. The van der Waals surface area contributed by atoms with Crippen LogP contribution in [0.2, 0.25) is 0 Å². The van der Waals surface area contributed by atoms with Crippen LogP contribution in [0, 0.1) is 13.8 Å². The van der Waals surface area contributed by atoms with E-state index in [2.05, 4.69) is 74.5 Å². The van der Waals surface area contributed by atoms with Crippen molar-refractivity contribution >= 4 is 22.4 Å². The van der Waals surface area contributed by atoms with Crippen molar-refractivity contribution < 1.29 is 0 Å². The molecule has 0 spiro atoms. The Morgan fingerprint density at radius 1 is 0.810 bits per heavy atom. The van der Waals surface area contributed by atoms with E-state index in [9.17, 15) is 0 Å². The van der Waals surface area contributed by atoms with E-state index < -0.39 is 0 Å². The van der Waals surface area contributed by atoms with E-state index in [0.717, 1.165) is 6.42 Å². The Kier molecular flexibility index (Phi) is 3.98. The molecule has 3 rings (SSSR count). The SMILES string of the molecule is Cc1ccc(CC(Cl)c2ccc3ccccc3c2)cc1C. The highest BCUT2D eigenvalue weighted by Crippen LogP contribution is 2.28. The zero-order valence-electron chi connectivity index (χ0n) is 12.4. The van der Waals surface area contributed by atoms with Crippen LogP contribution < -0.4 is 0 Å². The predicted molar refractivity (Wildman–Crippen MR) is 92.2 cm³/mol. The van der Waals surface area contributed by atoms with Gasteiger partial charge in [-0.3, -0.25) is 0 Å². The third-order valence-electron chi connectivity index (χ3n) is 4.12. The van der Waals surface area contributed by atoms with Gasteiger partial charge in [-0.1, -0.05) is 54.6 Å². The number of fused-ring (bicyclic) bond motifs is 1. The lowest BCUT2D eigenvalue weighted by Crippen LogP contribution is -1.97. The molecule has 1 atom stereocenters. The molecule has 106 valence electrons. The molecule has 0 saturated heterocycles. The summed E-state index contributed by atoms with van der Waals surface area (Å²) in [6, 6.07) is 21.5. The lowest BCUT2D eigenvalue weighted by Gasteiger charge is -2.12. The lowest BCUT2D eigenvalue weighted by molar-refractivity contribution is 0.919. The molecule has 3 aromatic rings. The van der Waals surface area contributed by atoms with Crippen molar-refractivity contribution in [2.45, 2.75) is 25.6 Å². The minimum Gasteiger partial charge on any atom is -0.117 e. The van der Waals surface area contributed by atoms with Gasteiger partial charge >= 0.3 is 0 Å². The van der Waals surface area contributed by atoms with Crippen LogP contribution >= 0.6 is 11.6 Å². The molecule has 0 aliphatic rings. The summed E-state index contributed by atoms with van der Waals surface area (Å²) in [5.74, 6) is 0. The fourth-order valence-electron chi connectivity index (χ4n) is 2.66. The Hall–Kier alpha value is -1.79. The largest absolute Gasteiger partial charge is 0.117 e. The van der Waals surface area contributed by atoms with Crippen LogP contribution in [0.1, 0.15) is 27.6 Å². The summed E-state index contributed by atoms with van der Waals surface area (Å²) in [5, 5.41) is 2.52. The number of rotatable bonds is 3. The molecule has 1 heteroatoms. The summed E-state index contributed by atoms with van der Waals surface area (Å²) in [5.41, 5.74) is 5.14. The summed E-state index contributed by atoms with van der Waals surface area (Å²) >= 11 is 6.63. The number of benzene rings is 3. The summed E-state index contributed by atoms with van der Waals surface area (Å²) in [4.78, 5) is 0. The maximum absolute atomic E-state index is 6.63. The van der Waals surface area contributed by atoms with Crippen molar-refractivity contribution in [3.63, 3.8) is 0 Å². The van der Waals surface area contributed by atoms with E-state index in [4.69, 9.17) is 11.6 Å². The van der Waals surface area contributed by atoms with Crippen LogP contribution in [-0.2, 0) is 6.42 Å². The van der Waals surface area contributed by atoms with Crippen LogP contribution in [0.15, 0.2) is 60.7 Å². The van der Waals surface area contributed by atoms with Crippen LogP contribution in [0.4, 0.5) is 0 Å². The molecule has 0 saturated carbocycles. The third-order valence-corrected chi connectivity index (χ3v) is 4.53. The Morgan fingerprint density at radius 3 is 2.33 bits per heavy atom. The van der Waals surface area contributed by atoms with Crippen molar-refractivity contribution in [3.05, 3.63) is 82.9 Å². The molecule has 0 nitrogen and oxygen atoms in total. The number of alkyl halides is 1. The highest BCUT2D eigenvalue weighted by Gasteiger charge is 2.10. The highest BCUT2D eigenvalue weighted by atomic mass is 35.5. The first-order valence-electron chi connectivity index (χ1n) is 7.32. The topological polar surface area (TPSA) is 0 Å². The van der Waals surface area contributed by atoms with Crippen molar-refractivity contribution in [2.24, 2.45) is 0 Å². The molecule has 0 heterocycles. The van der Waals surface area contributed by atoms with Gasteiger partial charge in [0.25, 0.3) is 0 Å². The van der Waals surface area contributed by atoms with E-state index >= 15 is 0 Å². The van der Waals surface area contributed by atoms with Gasteiger partial charge in [-0.2, -0.15) is 0 Å². The molecule has 0 radical (unpaired) electrons. The summed E-state index contributed by atoms with van der Waals surface area (Å²) in [6.45, 7) is 4.29. The fraction of sp³-hybridized carbons (Fsp3) is 0.200. The molecule has 0 aliphatic carbocycles. The van der Waals surface area contributed by atoms with Gasteiger partial charge in [0.05, 0.1) is 5.38 Å². The van der Waals surface area contributed by atoms with E-state index in [-0.39, 0.29) is 5.38 Å². The van der Waals surface area contributed by atoms with Crippen LogP contribution in [0.3, 0.4) is 0 Å². The molecule has 0 aromatic heterocycles. The Bertz CT molecular complexity index is 774. The number of aryl methyl sites for hydroxylation is 2. The van der Waals surface area contributed by atoms with Crippen molar-refractivity contribution in [2.75, 3.05) is 0 Å². The Morgan fingerprint density at radius 2 is 1.57 bits per heavy atom. The second-order valence-corrected chi connectivity index (χ2v) is 6.22. The second-order valence-electron chi connectivity index (χ2n) is 5.70. The predicted octanol–water partition coefficient (Wildman–Crippen LogP) is 5.98. The average Bonchev–Trinajstić information content (AvgIpc) is 2.50. The monoisotopic (exact) mass is 294 g/mol. The molecule has 21 heavy (non-hydrogen) atoms. The first-order chi connectivity index (χ1) is 10.1. The molecule has 0 fully saturated rings. The number of hydrogen-bond acceptors (Lipinski definition) is 0. The molecular formula is C20H19Cl. The average molecular weight is 295 g/mol. The summed E-state index contributed by atoms with van der Waals surface area (Å²) in [6.07, 6.45) is 0.862. The van der Waals surface area contributed by atoms with Gasteiger partial charge in [0.1, 0.15) is 0 Å². The molecule has 1 unspecified atom stereocenters. The van der Waals surface area contributed by atoms with Gasteiger partial charge < -0.3 is 0 Å². The maximum Gasteiger partial charge on any atom is 0.0625 e. The first kappa shape index (κ1) is 14.2. The van der Waals surface area contributed by atoms with Crippen molar-refractivity contribution in [3.8, 4) is 0 Å². The standard InChI is InChI=1S/C20H19Cl/c1-14-7-8-16(11-15(14)2)12-20(21)19-10-9-17-5-3-4-6-18(17)13-19/h3-11,13,20H,12H2,1-2H3. The zero-order chi connectivity index (χ0) is 14.8. The second kappa shape index (κ2) is 5.91. The zero-order valence-corrected chi connectivity index (χ0v) is 13.2. The van der Waals surface area contributed by atoms with Gasteiger partial charge in [-0.05, 0) is 59.4 Å². The Labute approximate surface area is 131 Å². The van der Waals surface area contributed by atoms with Crippen molar-refractivity contribution in [1.82, 2.24) is 0 Å². The molecule has 0 bridgehead atoms. The number of halogens is 1. The molecule has 0 aliphatic heterocycles. The molecular weight excluding hydrogens is 276 g/mol. The van der Waals surface area contributed by atoms with Crippen LogP contribution in [-0.4, -0.2) is 0 Å². The lowest BCUT2D eigenvalue weighted by atomic mass is 9.98. The third kappa shape index (κ3) is 3.11. The molecule has 0 amide bonds. The summed E-state index contributed by atoms with van der Waals surface area (Å²) < 4.78 is 0. The normalized spacial score (nSPS) is 12.5. The smallest absolute Gasteiger partial charge is 0.0625 e. The van der Waals surface area contributed by atoms with Gasteiger partial charge in [0.2, 0.25) is 0 Å². The Balaban J connectivity index is 1.85. The van der Waals surface area contributed by atoms with Gasteiger partial charge in [0, 0.05) is 0 Å². The van der Waals surface area contributed by atoms with Gasteiger partial charge in [-0.25, -0.2) is 0 Å². The summed E-state index contributed by atoms with van der Waals surface area (Å²) in [7, 11) is 0. The van der Waals surface area contributed by atoms with E-state index in [0.29, 0.717) is 0 Å². The number of hydrogen-bond donors (Lipinski definition) is 0. The minimum absolute atomic E-state index is 0.0108. The minimum atomic E-state index is 0.0108. The quantitative estimate of drug-likeness (QED) is 0.521. The maximum atomic E-state index is 6.63.